The van der Waals surface area contributed by atoms with Gasteiger partial charge in [-0.1, -0.05) is 42.4 Å². The average Bonchev–Trinajstić information content (AvgIpc) is 2.68. The summed E-state index contributed by atoms with van der Waals surface area (Å²) in [7, 11) is 0. The van der Waals surface area contributed by atoms with Gasteiger partial charge in [-0.05, 0) is 99.7 Å². The number of hydrogen-bond acceptors (Lipinski definition) is 0. The summed E-state index contributed by atoms with van der Waals surface area (Å²) in [6.45, 7) is 2.41. The van der Waals surface area contributed by atoms with Crippen LogP contribution in [0.15, 0.2) is 11.7 Å². The molecular weight excluding hydrogens is 441 g/mol. The highest BCUT2D eigenvalue weighted by Crippen LogP contribution is 2.74. The summed E-state index contributed by atoms with van der Waals surface area (Å²) < 4.78 is 29.8. The number of alkyl halides is 1. The third-order valence-corrected chi connectivity index (χ3v) is 11.7. The van der Waals surface area contributed by atoms with Crippen molar-refractivity contribution in [3.8, 4) is 0 Å². The van der Waals surface area contributed by atoms with Crippen LogP contribution in [0.3, 0.4) is 0 Å². The third-order valence-electron chi connectivity index (χ3n) is 10.1. The van der Waals surface area contributed by atoms with Gasteiger partial charge in [-0.2, -0.15) is 0 Å². The number of rotatable bonds is 2. The van der Waals surface area contributed by atoms with Gasteiger partial charge in [0.1, 0.15) is 11.7 Å². The quantitative estimate of drug-likeness (QED) is 0.281. The Kier molecular flexibility index (Phi) is 4.18. The molecule has 5 fully saturated rings. The third kappa shape index (κ3) is 2.27. The lowest BCUT2D eigenvalue weighted by Gasteiger charge is -2.66. The summed E-state index contributed by atoms with van der Waals surface area (Å²) >= 11 is 2.20. The molecule has 0 heterocycles. The van der Waals surface area contributed by atoms with Crippen LogP contribution in [-0.2, 0) is 0 Å². The average molecular weight is 474 g/mol. The van der Waals surface area contributed by atoms with Crippen molar-refractivity contribution in [2.45, 2.75) is 100 Å². The first-order chi connectivity index (χ1) is 12.3. The van der Waals surface area contributed by atoms with Gasteiger partial charge in [-0.15, -0.1) is 0 Å². The van der Waals surface area contributed by atoms with Gasteiger partial charge < -0.3 is 0 Å². The Balaban J connectivity index is 1.41. The smallest absolute Gasteiger partial charge is 0.148 e. The lowest BCUT2D eigenvalue weighted by Crippen LogP contribution is -2.58. The maximum Gasteiger partial charge on any atom is 0.148 e. The number of halogens is 3. The Morgan fingerprint density at radius 2 is 1.27 bits per heavy atom. The number of fused-ring (bicyclic) bond motifs is 5. The van der Waals surface area contributed by atoms with Crippen molar-refractivity contribution in [3.63, 3.8) is 0 Å². The summed E-state index contributed by atoms with van der Waals surface area (Å²) in [5.74, 6) is 1.12. The normalized spacial score (nSPS) is 54.0. The minimum atomic E-state index is -0.522. The molecule has 5 saturated carbocycles. The molecule has 0 unspecified atom stereocenters. The molecule has 0 N–H and O–H groups in total. The summed E-state index contributed by atoms with van der Waals surface area (Å²) in [4.78, 5) is 0. The van der Waals surface area contributed by atoms with E-state index in [0.29, 0.717) is 5.41 Å². The van der Waals surface area contributed by atoms with Crippen molar-refractivity contribution in [1.29, 1.82) is 0 Å². The lowest BCUT2D eigenvalue weighted by molar-refractivity contribution is -0.136. The maximum atomic E-state index is 15.4. The van der Waals surface area contributed by atoms with E-state index in [1.54, 1.807) is 0 Å². The zero-order valence-electron chi connectivity index (χ0n) is 16.2. The molecule has 0 amide bonds. The Morgan fingerprint density at radius 3 is 1.81 bits per heavy atom. The molecule has 0 aliphatic heterocycles. The van der Waals surface area contributed by atoms with E-state index in [1.165, 1.54) is 44.9 Å². The van der Waals surface area contributed by atoms with Crippen LogP contribution >= 0.6 is 22.6 Å². The highest BCUT2D eigenvalue weighted by atomic mass is 127. The summed E-state index contributed by atoms with van der Waals surface area (Å²) in [6, 6.07) is 0. The van der Waals surface area contributed by atoms with Crippen molar-refractivity contribution in [2.75, 3.05) is 0 Å². The van der Waals surface area contributed by atoms with Crippen LogP contribution in [0.25, 0.3) is 0 Å². The highest BCUT2D eigenvalue weighted by Gasteiger charge is 2.66. The van der Waals surface area contributed by atoms with Gasteiger partial charge >= 0.3 is 0 Å². The van der Waals surface area contributed by atoms with Crippen molar-refractivity contribution in [2.24, 2.45) is 28.1 Å². The van der Waals surface area contributed by atoms with Gasteiger partial charge in [0.2, 0.25) is 0 Å². The highest BCUT2D eigenvalue weighted by molar-refractivity contribution is 14.1. The fraction of sp³-hybridized carbons (Fsp3) is 0.913. The summed E-state index contributed by atoms with van der Waals surface area (Å²) in [5.41, 5.74) is 0.168. The molecule has 0 nitrogen and oxygen atoms in total. The van der Waals surface area contributed by atoms with Crippen LogP contribution in [0.2, 0.25) is 0 Å². The van der Waals surface area contributed by atoms with Gasteiger partial charge in [0.25, 0.3) is 0 Å². The molecule has 0 spiro atoms. The topological polar surface area (TPSA) is 0 Å². The molecule has 7 rings (SSSR count). The number of hydrogen-bond donors (Lipinski definition) is 0. The molecule has 0 radical (unpaired) electrons. The van der Waals surface area contributed by atoms with Gasteiger partial charge in [0.15, 0.2) is 0 Å². The molecule has 146 valence electrons. The van der Waals surface area contributed by atoms with Crippen molar-refractivity contribution in [1.82, 2.24) is 0 Å². The first-order valence-corrected chi connectivity index (χ1v) is 12.2. The van der Waals surface area contributed by atoms with Crippen LogP contribution < -0.4 is 0 Å². The molecule has 3 heteroatoms. The molecule has 0 saturated heterocycles. The van der Waals surface area contributed by atoms with Crippen molar-refractivity contribution < 1.29 is 8.78 Å². The molecule has 7 aliphatic carbocycles. The Labute approximate surface area is 171 Å². The molecule has 26 heavy (non-hydrogen) atoms. The zero-order valence-corrected chi connectivity index (χ0v) is 18.3. The SMILES string of the molecule is CC1CCC(C23CCC(C45CCC(I)(CC4)C(F)=C5F)(CC2)CC3)CC1. The van der Waals surface area contributed by atoms with E-state index < -0.39 is 8.84 Å². The van der Waals surface area contributed by atoms with Crippen molar-refractivity contribution >= 4 is 22.6 Å². The van der Waals surface area contributed by atoms with E-state index in [9.17, 15) is 4.39 Å². The number of allylic oxidation sites excluding steroid dienone is 2. The minimum absolute atomic E-state index is 0.0660. The zero-order chi connectivity index (χ0) is 18.2. The van der Waals surface area contributed by atoms with E-state index in [2.05, 4.69) is 29.5 Å². The Hall–Kier alpha value is 0.330. The maximum absolute atomic E-state index is 15.4. The van der Waals surface area contributed by atoms with Gasteiger partial charge in [0.05, 0.1) is 3.42 Å². The first-order valence-electron chi connectivity index (χ1n) is 11.1. The van der Waals surface area contributed by atoms with E-state index in [-0.39, 0.29) is 17.1 Å². The van der Waals surface area contributed by atoms with Crippen LogP contribution in [0, 0.1) is 28.1 Å². The van der Waals surface area contributed by atoms with E-state index in [0.717, 1.165) is 56.8 Å². The summed E-state index contributed by atoms with van der Waals surface area (Å²) in [5, 5.41) is 0. The second-order valence-electron chi connectivity index (χ2n) is 10.8. The van der Waals surface area contributed by atoms with Crippen LogP contribution in [-0.4, -0.2) is 3.42 Å². The van der Waals surface area contributed by atoms with Crippen LogP contribution in [0.5, 0.6) is 0 Å². The van der Waals surface area contributed by atoms with E-state index in [4.69, 9.17) is 0 Å². The van der Waals surface area contributed by atoms with Crippen LogP contribution in [0.4, 0.5) is 8.78 Å². The van der Waals surface area contributed by atoms with E-state index in [1.807, 2.05) is 0 Å². The molecule has 0 aromatic rings. The fourth-order valence-corrected chi connectivity index (χ4v) is 8.88. The van der Waals surface area contributed by atoms with Gasteiger partial charge in [-0.3, -0.25) is 0 Å². The standard InChI is InChI=1S/C23H33F2I/c1-16-2-4-17(5-3-16)20-6-9-21(10-7-20,11-8-20)22-12-14-23(26,15-13-22)19(25)18(22)24/h16-17H,2-15H2,1H3. The molecule has 7 aliphatic rings. The van der Waals surface area contributed by atoms with Gasteiger partial charge in [-0.25, -0.2) is 8.78 Å². The molecule has 0 aromatic heterocycles. The molecule has 4 bridgehead atoms. The summed E-state index contributed by atoms with van der Waals surface area (Å²) in [6.07, 6.45) is 16.5. The van der Waals surface area contributed by atoms with Crippen molar-refractivity contribution in [3.05, 3.63) is 11.7 Å². The molecule has 0 aromatic carbocycles. The molecule has 0 atom stereocenters. The van der Waals surface area contributed by atoms with Gasteiger partial charge in [0, 0.05) is 5.41 Å². The largest absolute Gasteiger partial charge is 0.208 e. The van der Waals surface area contributed by atoms with Crippen LogP contribution in [0.1, 0.15) is 96.8 Å². The first kappa shape index (κ1) is 18.4. The Morgan fingerprint density at radius 1 is 0.731 bits per heavy atom. The second-order valence-corrected chi connectivity index (χ2v) is 12.8. The van der Waals surface area contributed by atoms with E-state index >= 15 is 4.39 Å². The Bertz CT molecular complexity index is 596. The second kappa shape index (κ2) is 5.92. The fourth-order valence-electron chi connectivity index (χ4n) is 8.10. The minimum Gasteiger partial charge on any atom is -0.208 e. The molecular formula is C23H33F2I. The predicted molar refractivity (Wildman–Crippen MR) is 111 cm³/mol. The monoisotopic (exact) mass is 474 g/mol. The predicted octanol–water partition coefficient (Wildman–Crippen LogP) is 8.05. The lowest BCUT2D eigenvalue weighted by atomic mass is 9.39.